The number of amides is 1. The molecule has 0 N–H and O–H groups in total. The molecule has 3 aromatic rings. The van der Waals surface area contributed by atoms with Crippen LogP contribution in [0.5, 0.6) is 0 Å². The second-order valence-electron chi connectivity index (χ2n) is 7.09. The molecule has 0 saturated carbocycles. The van der Waals surface area contributed by atoms with Crippen LogP contribution >= 0.6 is 0 Å². The Morgan fingerprint density at radius 3 is 2.83 bits per heavy atom. The molecule has 8 nitrogen and oxygen atoms in total. The molecule has 0 saturated heterocycles. The van der Waals surface area contributed by atoms with Gasteiger partial charge in [-0.15, -0.1) is 0 Å². The van der Waals surface area contributed by atoms with Gasteiger partial charge in [-0.1, -0.05) is 29.9 Å². The van der Waals surface area contributed by atoms with Gasteiger partial charge >= 0.3 is 0 Å². The fourth-order valence-corrected chi connectivity index (χ4v) is 4.20. The highest BCUT2D eigenvalue weighted by atomic mass is 32.2. The van der Waals surface area contributed by atoms with Gasteiger partial charge in [0.25, 0.3) is 0 Å². The number of aryl methyl sites for hydroxylation is 1. The van der Waals surface area contributed by atoms with E-state index in [-0.39, 0.29) is 34.0 Å². The predicted molar refractivity (Wildman–Crippen MR) is 110 cm³/mol. The van der Waals surface area contributed by atoms with Crippen molar-refractivity contribution in [1.82, 2.24) is 15.1 Å². The quantitative estimate of drug-likeness (QED) is 0.618. The van der Waals surface area contributed by atoms with Crippen LogP contribution in [0.15, 0.2) is 63.6 Å². The number of carbonyl (C=O) groups is 1. The number of nitrogens with zero attached hydrogens (tertiary/aromatic N) is 4. The van der Waals surface area contributed by atoms with Gasteiger partial charge in [-0.3, -0.25) is 9.78 Å². The molecule has 3 heterocycles. The third-order valence-corrected chi connectivity index (χ3v) is 6.68. The Balaban J connectivity index is 1.63. The summed E-state index contributed by atoms with van der Waals surface area (Å²) < 4.78 is 30.0. The summed E-state index contributed by atoms with van der Waals surface area (Å²) in [5.41, 5.74) is 2.34. The molecule has 0 aliphatic carbocycles. The molecule has 2 aromatic heterocycles. The lowest BCUT2D eigenvalue weighted by molar-refractivity contribution is -0.118. The summed E-state index contributed by atoms with van der Waals surface area (Å²) in [5.74, 6) is 0.450. The zero-order valence-electron chi connectivity index (χ0n) is 16.4. The number of benzene rings is 1. The number of hydrogen-bond donors (Lipinski definition) is 0. The number of anilines is 1. The van der Waals surface area contributed by atoms with Crippen LogP contribution < -0.4 is 4.90 Å². The van der Waals surface area contributed by atoms with E-state index in [1.54, 1.807) is 4.90 Å². The van der Waals surface area contributed by atoms with Gasteiger partial charge in [-0.2, -0.15) is 4.98 Å². The molecule has 0 fully saturated rings. The SMILES string of the molecule is C=C(C)S(=O)(=O)c1cncc(-c2noc(CN3C(=O)CCCc4ccccc43)n2)c1. The van der Waals surface area contributed by atoms with Gasteiger partial charge in [-0.05, 0) is 37.5 Å². The molecule has 1 amide bonds. The second kappa shape index (κ2) is 7.83. The Morgan fingerprint density at radius 2 is 2.03 bits per heavy atom. The Hall–Kier alpha value is -3.33. The molecule has 1 aliphatic heterocycles. The van der Waals surface area contributed by atoms with E-state index in [0.717, 1.165) is 24.1 Å². The first kappa shape index (κ1) is 20.0. The number of sulfone groups is 1. The Bertz CT molecular complexity index is 1230. The maximum atomic E-state index is 12.6. The summed E-state index contributed by atoms with van der Waals surface area (Å²) >= 11 is 0. The summed E-state index contributed by atoms with van der Waals surface area (Å²) in [6.45, 7) is 5.07. The number of para-hydroxylation sites is 1. The van der Waals surface area contributed by atoms with Crippen LogP contribution in [-0.2, 0) is 27.6 Å². The van der Waals surface area contributed by atoms with Gasteiger partial charge in [-0.25, -0.2) is 8.42 Å². The molecular weight excluding hydrogens is 404 g/mol. The fraction of sp³-hybridized carbons (Fsp3) is 0.238. The minimum Gasteiger partial charge on any atom is -0.337 e. The monoisotopic (exact) mass is 424 g/mol. The maximum Gasteiger partial charge on any atom is 0.247 e. The van der Waals surface area contributed by atoms with Crippen molar-refractivity contribution in [2.24, 2.45) is 0 Å². The van der Waals surface area contributed by atoms with E-state index in [1.807, 2.05) is 24.3 Å². The second-order valence-corrected chi connectivity index (χ2v) is 9.26. The Morgan fingerprint density at radius 1 is 1.23 bits per heavy atom. The van der Waals surface area contributed by atoms with Crippen molar-refractivity contribution < 1.29 is 17.7 Å². The average molecular weight is 424 g/mol. The molecule has 0 atom stereocenters. The van der Waals surface area contributed by atoms with E-state index in [9.17, 15) is 13.2 Å². The van der Waals surface area contributed by atoms with Crippen LogP contribution in [0.2, 0.25) is 0 Å². The minimum absolute atomic E-state index is 0.00378. The van der Waals surface area contributed by atoms with Gasteiger partial charge < -0.3 is 9.42 Å². The van der Waals surface area contributed by atoms with Crippen LogP contribution in [-0.4, -0.2) is 29.4 Å². The highest BCUT2D eigenvalue weighted by Gasteiger charge is 2.24. The van der Waals surface area contributed by atoms with E-state index < -0.39 is 9.84 Å². The molecule has 30 heavy (non-hydrogen) atoms. The smallest absolute Gasteiger partial charge is 0.247 e. The van der Waals surface area contributed by atoms with Crippen molar-refractivity contribution in [1.29, 1.82) is 0 Å². The highest BCUT2D eigenvalue weighted by molar-refractivity contribution is 7.95. The van der Waals surface area contributed by atoms with Crippen molar-refractivity contribution in [3.05, 3.63) is 65.7 Å². The number of hydrogen-bond acceptors (Lipinski definition) is 7. The highest BCUT2D eigenvalue weighted by Crippen LogP contribution is 2.28. The van der Waals surface area contributed by atoms with Gasteiger partial charge in [0.1, 0.15) is 6.54 Å². The van der Waals surface area contributed by atoms with Crippen LogP contribution in [0.25, 0.3) is 11.4 Å². The van der Waals surface area contributed by atoms with Crippen LogP contribution in [0.4, 0.5) is 5.69 Å². The zero-order valence-corrected chi connectivity index (χ0v) is 17.2. The largest absolute Gasteiger partial charge is 0.337 e. The molecule has 1 aliphatic rings. The third kappa shape index (κ3) is 3.76. The summed E-state index contributed by atoms with van der Waals surface area (Å²) in [6.07, 6.45) is 4.78. The number of rotatable bonds is 5. The molecule has 0 unspecified atom stereocenters. The molecule has 154 valence electrons. The summed E-state index contributed by atoms with van der Waals surface area (Å²) in [4.78, 5) is 22.6. The van der Waals surface area contributed by atoms with E-state index in [1.165, 1.54) is 25.4 Å². The lowest BCUT2D eigenvalue weighted by Crippen LogP contribution is -2.29. The van der Waals surface area contributed by atoms with Gasteiger partial charge in [0.05, 0.1) is 4.90 Å². The Kier molecular flexibility index (Phi) is 5.21. The lowest BCUT2D eigenvalue weighted by atomic mass is 10.1. The lowest BCUT2D eigenvalue weighted by Gasteiger charge is -2.21. The summed E-state index contributed by atoms with van der Waals surface area (Å²) in [6, 6.07) is 9.20. The average Bonchev–Trinajstić information content (AvgIpc) is 3.15. The summed E-state index contributed by atoms with van der Waals surface area (Å²) in [7, 11) is -3.66. The van der Waals surface area contributed by atoms with E-state index >= 15 is 0 Å². The maximum absolute atomic E-state index is 12.6. The van der Waals surface area contributed by atoms with E-state index in [4.69, 9.17) is 4.52 Å². The van der Waals surface area contributed by atoms with E-state index in [0.29, 0.717) is 12.0 Å². The molecule has 9 heteroatoms. The van der Waals surface area contributed by atoms with Gasteiger partial charge in [0.2, 0.25) is 27.5 Å². The molecule has 4 rings (SSSR count). The number of allylic oxidation sites excluding steroid dienone is 1. The number of aromatic nitrogens is 3. The van der Waals surface area contributed by atoms with Gasteiger partial charge in [0.15, 0.2) is 0 Å². The van der Waals surface area contributed by atoms with Crippen molar-refractivity contribution in [3.63, 3.8) is 0 Å². The first-order chi connectivity index (χ1) is 14.4. The van der Waals surface area contributed by atoms with Crippen LogP contribution in [0.3, 0.4) is 0 Å². The predicted octanol–water partition coefficient (Wildman–Crippen LogP) is 3.31. The van der Waals surface area contributed by atoms with Crippen molar-refractivity contribution in [3.8, 4) is 11.4 Å². The third-order valence-electron chi connectivity index (χ3n) is 4.92. The first-order valence-corrected chi connectivity index (χ1v) is 10.9. The number of pyridine rings is 1. The fourth-order valence-electron chi connectivity index (χ4n) is 3.32. The zero-order chi connectivity index (χ0) is 21.3. The standard InChI is InChI=1S/C21H20N4O4S/c1-14(2)30(27,28)17-10-16(11-22-12-17)21-23-19(29-24-21)13-25-18-8-4-3-6-15(18)7-5-9-20(25)26/h3-4,6,8,10-12H,1,5,7,9,13H2,2H3. The van der Waals surface area contributed by atoms with Crippen LogP contribution in [0, 0.1) is 0 Å². The Labute approximate surface area is 174 Å². The first-order valence-electron chi connectivity index (χ1n) is 9.43. The molecule has 1 aromatic carbocycles. The molecular formula is C21H20N4O4S. The minimum atomic E-state index is -3.66. The number of carbonyl (C=O) groups excluding carboxylic acids is 1. The van der Waals surface area contributed by atoms with Gasteiger partial charge in [0, 0.05) is 35.0 Å². The normalized spacial score (nSPS) is 14.3. The number of fused-ring (bicyclic) bond motifs is 1. The molecule has 0 radical (unpaired) electrons. The molecule has 0 spiro atoms. The van der Waals surface area contributed by atoms with E-state index in [2.05, 4.69) is 21.7 Å². The van der Waals surface area contributed by atoms with Crippen molar-refractivity contribution in [2.75, 3.05) is 4.90 Å². The molecule has 0 bridgehead atoms. The summed E-state index contributed by atoms with van der Waals surface area (Å²) in [5, 5.41) is 3.94. The topological polar surface area (TPSA) is 106 Å². The van der Waals surface area contributed by atoms with Crippen molar-refractivity contribution in [2.45, 2.75) is 37.6 Å². The van der Waals surface area contributed by atoms with Crippen molar-refractivity contribution >= 4 is 21.4 Å². The van der Waals surface area contributed by atoms with Crippen LogP contribution in [0.1, 0.15) is 31.2 Å².